The second-order valence-electron chi connectivity index (χ2n) is 3.28. The van der Waals surface area contributed by atoms with Crippen LogP contribution in [0.25, 0.3) is 0 Å². The van der Waals surface area contributed by atoms with E-state index in [1.165, 1.54) is 12.3 Å². The van der Waals surface area contributed by atoms with E-state index >= 15 is 0 Å². The molecule has 0 aliphatic carbocycles. The van der Waals surface area contributed by atoms with Gasteiger partial charge < -0.3 is 0 Å². The monoisotopic (exact) mass is 203 g/mol. The van der Waals surface area contributed by atoms with Crippen LogP contribution in [0, 0.1) is 0 Å². The second-order valence-corrected chi connectivity index (χ2v) is 3.28. The number of halogens is 3. The molecule has 0 aliphatic rings. The van der Waals surface area contributed by atoms with Gasteiger partial charge in [-0.15, -0.1) is 0 Å². The van der Waals surface area contributed by atoms with Crippen LogP contribution in [0.4, 0.5) is 13.2 Å². The Hall–Kier alpha value is -1.06. The molecule has 0 saturated heterocycles. The van der Waals surface area contributed by atoms with Gasteiger partial charge in [0.2, 0.25) is 0 Å². The minimum atomic E-state index is -4.34. The zero-order valence-electron chi connectivity index (χ0n) is 8.10. The number of hydrogen-bond donors (Lipinski definition) is 0. The normalized spacial score (nSPS) is 14.1. The Labute approximate surface area is 81.0 Å². The van der Waals surface area contributed by atoms with Crippen molar-refractivity contribution in [2.75, 3.05) is 0 Å². The largest absolute Gasteiger partial charge is 0.433 e. The van der Waals surface area contributed by atoms with E-state index in [0.717, 1.165) is 18.1 Å². The molecule has 0 fully saturated rings. The van der Waals surface area contributed by atoms with E-state index in [9.17, 15) is 13.2 Å². The lowest BCUT2D eigenvalue weighted by Gasteiger charge is -2.10. The molecule has 0 amide bonds. The Morgan fingerprint density at radius 3 is 2.36 bits per heavy atom. The van der Waals surface area contributed by atoms with E-state index in [1.54, 1.807) is 0 Å². The van der Waals surface area contributed by atoms with Crippen molar-refractivity contribution in [2.24, 2.45) is 0 Å². The highest BCUT2D eigenvalue weighted by molar-refractivity contribution is 5.18. The summed E-state index contributed by atoms with van der Waals surface area (Å²) in [5.74, 6) is 0.254. The van der Waals surface area contributed by atoms with Crippen LogP contribution < -0.4 is 0 Å². The number of hydrogen-bond acceptors (Lipinski definition) is 1. The van der Waals surface area contributed by atoms with Gasteiger partial charge in [0.05, 0.1) is 0 Å². The van der Waals surface area contributed by atoms with Crippen LogP contribution in [-0.4, -0.2) is 4.98 Å². The topological polar surface area (TPSA) is 12.9 Å². The third kappa shape index (κ3) is 2.47. The van der Waals surface area contributed by atoms with Crippen LogP contribution >= 0.6 is 0 Å². The fourth-order valence-electron chi connectivity index (χ4n) is 1.10. The van der Waals surface area contributed by atoms with Gasteiger partial charge in [-0.05, 0) is 24.0 Å². The molecule has 0 spiro atoms. The summed E-state index contributed by atoms with van der Waals surface area (Å²) in [7, 11) is 0. The van der Waals surface area contributed by atoms with E-state index in [1.807, 2.05) is 13.8 Å². The first-order valence-electron chi connectivity index (χ1n) is 4.48. The van der Waals surface area contributed by atoms with Gasteiger partial charge in [-0.1, -0.05) is 19.9 Å². The molecule has 14 heavy (non-hydrogen) atoms. The zero-order chi connectivity index (χ0) is 10.8. The molecule has 78 valence electrons. The summed E-state index contributed by atoms with van der Waals surface area (Å²) in [6, 6.07) is 2.52. The predicted octanol–water partition coefficient (Wildman–Crippen LogP) is 3.61. The van der Waals surface area contributed by atoms with Crippen molar-refractivity contribution in [1.29, 1.82) is 0 Å². The maximum Gasteiger partial charge on any atom is 0.433 e. The van der Waals surface area contributed by atoms with Crippen molar-refractivity contribution in [3.05, 3.63) is 29.6 Å². The van der Waals surface area contributed by atoms with Crippen LogP contribution in [-0.2, 0) is 6.18 Å². The molecule has 0 N–H and O–H groups in total. The molecule has 0 radical (unpaired) electrons. The summed E-state index contributed by atoms with van der Waals surface area (Å²) < 4.78 is 36.4. The van der Waals surface area contributed by atoms with E-state index < -0.39 is 11.9 Å². The Morgan fingerprint density at radius 1 is 1.36 bits per heavy atom. The maximum atomic E-state index is 12.1. The molecule has 1 unspecified atom stereocenters. The highest BCUT2D eigenvalue weighted by atomic mass is 19.4. The van der Waals surface area contributed by atoms with Crippen LogP contribution in [0.3, 0.4) is 0 Å². The number of nitrogens with zero attached hydrogens (tertiary/aromatic N) is 1. The molecule has 1 heterocycles. The summed E-state index contributed by atoms with van der Waals surface area (Å²) in [4.78, 5) is 3.39. The Morgan fingerprint density at radius 2 is 2.00 bits per heavy atom. The molecule has 1 rings (SSSR count). The van der Waals surface area contributed by atoms with Crippen molar-refractivity contribution in [3.8, 4) is 0 Å². The summed E-state index contributed by atoms with van der Waals surface area (Å²) in [5.41, 5.74) is 0.0186. The molecule has 0 bridgehead atoms. The van der Waals surface area contributed by atoms with Crippen molar-refractivity contribution < 1.29 is 13.2 Å². The van der Waals surface area contributed by atoms with Gasteiger partial charge in [-0.2, -0.15) is 13.2 Å². The number of aromatic nitrogens is 1. The lowest BCUT2D eigenvalue weighted by Crippen LogP contribution is -2.08. The molecule has 1 aromatic heterocycles. The zero-order valence-corrected chi connectivity index (χ0v) is 8.10. The molecular weight excluding hydrogens is 191 g/mol. The molecule has 1 nitrogen and oxygen atoms in total. The summed E-state index contributed by atoms with van der Waals surface area (Å²) in [6.07, 6.45) is -2.14. The Bertz CT molecular complexity index is 289. The lowest BCUT2D eigenvalue weighted by atomic mass is 10.0. The summed E-state index contributed by atoms with van der Waals surface area (Å²) in [6.45, 7) is 3.95. The van der Waals surface area contributed by atoms with E-state index in [2.05, 4.69) is 4.98 Å². The second kappa shape index (κ2) is 3.98. The standard InChI is InChI=1S/C10H12F3N/c1-3-7(2)8-4-5-9(14-6-8)10(11,12)13/h4-7H,3H2,1-2H3. The smallest absolute Gasteiger partial charge is 0.251 e. The number of rotatable bonds is 2. The Balaban J connectivity index is 2.89. The average molecular weight is 203 g/mol. The van der Waals surface area contributed by atoms with E-state index in [0.29, 0.717) is 0 Å². The van der Waals surface area contributed by atoms with E-state index in [4.69, 9.17) is 0 Å². The average Bonchev–Trinajstić information content (AvgIpc) is 2.15. The first-order valence-corrected chi connectivity index (χ1v) is 4.48. The van der Waals surface area contributed by atoms with Gasteiger partial charge in [-0.3, -0.25) is 4.98 Å². The van der Waals surface area contributed by atoms with Crippen molar-refractivity contribution in [3.63, 3.8) is 0 Å². The van der Waals surface area contributed by atoms with Crippen molar-refractivity contribution in [2.45, 2.75) is 32.4 Å². The van der Waals surface area contributed by atoms with Gasteiger partial charge in [0.15, 0.2) is 0 Å². The quantitative estimate of drug-likeness (QED) is 0.715. The molecule has 4 heteroatoms. The minimum absolute atomic E-state index is 0.254. The number of alkyl halides is 3. The molecular formula is C10H12F3N. The van der Waals surface area contributed by atoms with E-state index in [-0.39, 0.29) is 5.92 Å². The third-order valence-corrected chi connectivity index (χ3v) is 2.26. The maximum absolute atomic E-state index is 12.1. The highest BCUT2D eigenvalue weighted by Crippen LogP contribution is 2.28. The SMILES string of the molecule is CCC(C)c1ccc(C(F)(F)F)nc1. The molecule has 1 atom stereocenters. The van der Waals surface area contributed by atoms with Gasteiger partial charge in [0, 0.05) is 6.20 Å². The summed E-state index contributed by atoms with van der Waals surface area (Å²) >= 11 is 0. The lowest BCUT2D eigenvalue weighted by molar-refractivity contribution is -0.141. The minimum Gasteiger partial charge on any atom is -0.251 e. The van der Waals surface area contributed by atoms with Crippen LogP contribution in [0.15, 0.2) is 18.3 Å². The van der Waals surface area contributed by atoms with Crippen LogP contribution in [0.2, 0.25) is 0 Å². The fraction of sp³-hybridized carbons (Fsp3) is 0.500. The van der Waals surface area contributed by atoms with Gasteiger partial charge >= 0.3 is 6.18 Å². The fourth-order valence-corrected chi connectivity index (χ4v) is 1.10. The molecule has 0 aliphatic heterocycles. The first-order chi connectivity index (χ1) is 6.45. The highest BCUT2D eigenvalue weighted by Gasteiger charge is 2.32. The van der Waals surface area contributed by atoms with Crippen LogP contribution in [0.1, 0.15) is 37.4 Å². The summed E-state index contributed by atoms with van der Waals surface area (Å²) in [5, 5.41) is 0. The van der Waals surface area contributed by atoms with Gasteiger partial charge in [0.1, 0.15) is 5.69 Å². The van der Waals surface area contributed by atoms with Gasteiger partial charge in [-0.25, -0.2) is 0 Å². The van der Waals surface area contributed by atoms with Crippen LogP contribution in [0.5, 0.6) is 0 Å². The third-order valence-electron chi connectivity index (χ3n) is 2.26. The molecule has 0 saturated carbocycles. The van der Waals surface area contributed by atoms with Crippen molar-refractivity contribution in [1.82, 2.24) is 4.98 Å². The molecule has 1 aromatic rings. The Kier molecular flexibility index (Phi) is 3.13. The molecule has 0 aromatic carbocycles. The predicted molar refractivity (Wildman–Crippen MR) is 47.9 cm³/mol. The number of pyridine rings is 1. The first kappa shape index (κ1) is 11.0. The van der Waals surface area contributed by atoms with Crippen molar-refractivity contribution >= 4 is 0 Å². The van der Waals surface area contributed by atoms with Gasteiger partial charge in [0.25, 0.3) is 0 Å².